The van der Waals surface area contributed by atoms with E-state index < -0.39 is 0 Å². The zero-order chi connectivity index (χ0) is 14.2. The number of amides is 1. The maximum absolute atomic E-state index is 11.7. The van der Waals surface area contributed by atoms with Gasteiger partial charge < -0.3 is 15.5 Å². The molecule has 4 nitrogen and oxygen atoms in total. The molecule has 0 aromatic heterocycles. The first-order valence-corrected chi connectivity index (χ1v) is 7.48. The van der Waals surface area contributed by atoms with E-state index >= 15 is 0 Å². The van der Waals surface area contributed by atoms with E-state index in [4.69, 9.17) is 0 Å². The second-order valence-corrected chi connectivity index (χ2v) is 5.63. The molecule has 1 aromatic carbocycles. The number of para-hydroxylation sites is 1. The van der Waals surface area contributed by atoms with Crippen LogP contribution in [0.25, 0.3) is 0 Å². The van der Waals surface area contributed by atoms with Crippen LogP contribution in [-0.4, -0.2) is 44.0 Å². The van der Waals surface area contributed by atoms with Crippen LogP contribution in [0.1, 0.15) is 19.3 Å². The van der Waals surface area contributed by atoms with Crippen molar-refractivity contribution >= 4 is 11.6 Å². The summed E-state index contributed by atoms with van der Waals surface area (Å²) in [6.45, 7) is 3.73. The van der Waals surface area contributed by atoms with Crippen LogP contribution in [0.5, 0.6) is 0 Å². The molecule has 1 aliphatic heterocycles. The van der Waals surface area contributed by atoms with Gasteiger partial charge in [0.1, 0.15) is 0 Å². The molecule has 110 valence electrons. The molecule has 2 N–H and O–H groups in total. The van der Waals surface area contributed by atoms with Crippen molar-refractivity contribution in [3.8, 4) is 0 Å². The first-order valence-electron chi connectivity index (χ1n) is 7.48. The SMILES string of the molecule is CN1CCC(CCNCC(=O)Nc2ccccc2)CC1. The number of anilines is 1. The number of benzene rings is 1. The number of nitrogens with zero attached hydrogens (tertiary/aromatic N) is 1. The van der Waals surface area contributed by atoms with Crippen molar-refractivity contribution in [1.29, 1.82) is 0 Å². The molecular weight excluding hydrogens is 250 g/mol. The van der Waals surface area contributed by atoms with Crippen molar-refractivity contribution in [1.82, 2.24) is 10.2 Å². The maximum atomic E-state index is 11.7. The number of nitrogens with one attached hydrogen (secondary N) is 2. The molecule has 0 bridgehead atoms. The highest BCUT2D eigenvalue weighted by Gasteiger charge is 2.15. The summed E-state index contributed by atoms with van der Waals surface area (Å²) >= 11 is 0. The molecule has 0 saturated carbocycles. The highest BCUT2D eigenvalue weighted by atomic mass is 16.1. The van der Waals surface area contributed by atoms with E-state index in [0.29, 0.717) is 6.54 Å². The molecule has 20 heavy (non-hydrogen) atoms. The first kappa shape index (κ1) is 15.0. The third-order valence-corrected chi connectivity index (χ3v) is 3.91. The van der Waals surface area contributed by atoms with Gasteiger partial charge in [-0.25, -0.2) is 0 Å². The smallest absolute Gasteiger partial charge is 0.238 e. The van der Waals surface area contributed by atoms with Crippen LogP contribution in [-0.2, 0) is 4.79 Å². The van der Waals surface area contributed by atoms with E-state index in [1.165, 1.54) is 32.4 Å². The molecule has 1 aromatic rings. The van der Waals surface area contributed by atoms with Crippen molar-refractivity contribution in [2.75, 3.05) is 38.5 Å². The topological polar surface area (TPSA) is 44.4 Å². The van der Waals surface area contributed by atoms with Gasteiger partial charge in [-0.15, -0.1) is 0 Å². The number of hydrogen-bond acceptors (Lipinski definition) is 3. The van der Waals surface area contributed by atoms with E-state index in [1.807, 2.05) is 30.3 Å². The van der Waals surface area contributed by atoms with E-state index in [1.54, 1.807) is 0 Å². The number of rotatable bonds is 6. The molecule has 0 spiro atoms. The number of carbonyl (C=O) groups excluding carboxylic acids is 1. The fourth-order valence-electron chi connectivity index (χ4n) is 2.59. The molecule has 1 amide bonds. The highest BCUT2D eigenvalue weighted by molar-refractivity contribution is 5.92. The Morgan fingerprint density at radius 1 is 1.25 bits per heavy atom. The Morgan fingerprint density at radius 2 is 1.95 bits per heavy atom. The van der Waals surface area contributed by atoms with Gasteiger partial charge in [-0.05, 0) is 64.0 Å². The van der Waals surface area contributed by atoms with Crippen LogP contribution >= 0.6 is 0 Å². The molecule has 1 aliphatic rings. The van der Waals surface area contributed by atoms with Gasteiger partial charge in [0, 0.05) is 5.69 Å². The van der Waals surface area contributed by atoms with Crippen molar-refractivity contribution in [2.45, 2.75) is 19.3 Å². The standard InChI is InChI=1S/C16H25N3O/c1-19-11-8-14(9-12-19)7-10-17-13-16(20)18-15-5-3-2-4-6-15/h2-6,14,17H,7-13H2,1H3,(H,18,20). The Morgan fingerprint density at radius 3 is 2.65 bits per heavy atom. The summed E-state index contributed by atoms with van der Waals surface area (Å²) in [6, 6.07) is 9.58. The molecule has 0 unspecified atom stereocenters. The van der Waals surface area contributed by atoms with Crippen LogP contribution < -0.4 is 10.6 Å². The van der Waals surface area contributed by atoms with E-state index in [-0.39, 0.29) is 5.91 Å². The monoisotopic (exact) mass is 275 g/mol. The van der Waals surface area contributed by atoms with Gasteiger partial charge in [-0.3, -0.25) is 4.79 Å². The largest absolute Gasteiger partial charge is 0.325 e. The summed E-state index contributed by atoms with van der Waals surface area (Å²) in [6.07, 6.45) is 3.75. The van der Waals surface area contributed by atoms with E-state index in [2.05, 4.69) is 22.6 Å². The van der Waals surface area contributed by atoms with Gasteiger partial charge in [-0.1, -0.05) is 18.2 Å². The predicted molar refractivity (Wildman–Crippen MR) is 82.8 cm³/mol. The molecule has 4 heteroatoms. The summed E-state index contributed by atoms with van der Waals surface area (Å²) < 4.78 is 0. The van der Waals surface area contributed by atoms with Gasteiger partial charge in [0.15, 0.2) is 0 Å². The zero-order valence-corrected chi connectivity index (χ0v) is 12.3. The third-order valence-electron chi connectivity index (χ3n) is 3.91. The molecule has 1 fully saturated rings. The summed E-state index contributed by atoms with van der Waals surface area (Å²) in [5.74, 6) is 0.843. The lowest BCUT2D eigenvalue weighted by atomic mass is 9.94. The second kappa shape index (κ2) is 8.02. The zero-order valence-electron chi connectivity index (χ0n) is 12.3. The van der Waals surface area contributed by atoms with Crippen LogP contribution in [0.4, 0.5) is 5.69 Å². The lowest BCUT2D eigenvalue weighted by Gasteiger charge is -2.28. The average molecular weight is 275 g/mol. The normalized spacial score (nSPS) is 17.1. The van der Waals surface area contributed by atoms with Gasteiger partial charge >= 0.3 is 0 Å². The molecule has 0 radical (unpaired) electrons. The molecule has 0 atom stereocenters. The minimum atomic E-state index is 0.0274. The van der Waals surface area contributed by atoms with E-state index in [0.717, 1.165) is 18.2 Å². The van der Waals surface area contributed by atoms with Crippen molar-refractivity contribution < 1.29 is 4.79 Å². The molecule has 1 heterocycles. The second-order valence-electron chi connectivity index (χ2n) is 5.63. The number of piperidine rings is 1. The number of hydrogen-bond donors (Lipinski definition) is 2. The average Bonchev–Trinajstić information content (AvgIpc) is 2.46. The third kappa shape index (κ3) is 5.31. The van der Waals surface area contributed by atoms with Gasteiger partial charge in [0.2, 0.25) is 5.91 Å². The molecule has 0 aliphatic carbocycles. The van der Waals surface area contributed by atoms with Gasteiger partial charge in [-0.2, -0.15) is 0 Å². The predicted octanol–water partition coefficient (Wildman–Crippen LogP) is 1.95. The Labute approximate surface area is 121 Å². The minimum Gasteiger partial charge on any atom is -0.325 e. The maximum Gasteiger partial charge on any atom is 0.238 e. The highest BCUT2D eigenvalue weighted by Crippen LogP contribution is 2.18. The lowest BCUT2D eigenvalue weighted by molar-refractivity contribution is -0.115. The van der Waals surface area contributed by atoms with Crippen LogP contribution in [0, 0.1) is 5.92 Å². The lowest BCUT2D eigenvalue weighted by Crippen LogP contribution is -2.33. The summed E-state index contributed by atoms with van der Waals surface area (Å²) in [7, 11) is 2.18. The quantitative estimate of drug-likeness (QED) is 0.780. The van der Waals surface area contributed by atoms with Crippen molar-refractivity contribution in [3.63, 3.8) is 0 Å². The van der Waals surface area contributed by atoms with Gasteiger partial charge in [0.25, 0.3) is 0 Å². The van der Waals surface area contributed by atoms with Crippen LogP contribution in [0.3, 0.4) is 0 Å². The number of likely N-dealkylation sites (tertiary alicyclic amines) is 1. The fourth-order valence-corrected chi connectivity index (χ4v) is 2.59. The summed E-state index contributed by atoms with van der Waals surface area (Å²) in [4.78, 5) is 14.1. The Bertz CT molecular complexity index is 399. The van der Waals surface area contributed by atoms with Crippen molar-refractivity contribution in [3.05, 3.63) is 30.3 Å². The van der Waals surface area contributed by atoms with Crippen LogP contribution in [0.15, 0.2) is 30.3 Å². The van der Waals surface area contributed by atoms with Gasteiger partial charge in [0.05, 0.1) is 6.54 Å². The Balaban J connectivity index is 1.56. The summed E-state index contributed by atoms with van der Waals surface area (Å²) in [5.41, 5.74) is 0.856. The van der Waals surface area contributed by atoms with E-state index in [9.17, 15) is 4.79 Å². The minimum absolute atomic E-state index is 0.0274. The fraction of sp³-hybridized carbons (Fsp3) is 0.562. The Hall–Kier alpha value is -1.39. The molecular formula is C16H25N3O. The summed E-state index contributed by atoms with van der Waals surface area (Å²) in [5, 5.41) is 6.12. The molecule has 2 rings (SSSR count). The van der Waals surface area contributed by atoms with Crippen molar-refractivity contribution in [2.24, 2.45) is 5.92 Å². The van der Waals surface area contributed by atoms with Crippen LogP contribution in [0.2, 0.25) is 0 Å². The Kier molecular flexibility index (Phi) is 6.02. The first-order chi connectivity index (χ1) is 9.74. The molecule has 1 saturated heterocycles. The number of carbonyl (C=O) groups is 1.